The van der Waals surface area contributed by atoms with E-state index in [0.29, 0.717) is 11.4 Å². The van der Waals surface area contributed by atoms with Gasteiger partial charge in [0.2, 0.25) is 0 Å². The quantitative estimate of drug-likeness (QED) is 0.856. The summed E-state index contributed by atoms with van der Waals surface area (Å²) in [6.07, 6.45) is 4.39. The molecule has 1 atom stereocenters. The highest BCUT2D eigenvalue weighted by Gasteiger charge is 2.28. The summed E-state index contributed by atoms with van der Waals surface area (Å²) in [6.45, 7) is 1.65. The molecule has 3 nitrogen and oxygen atoms in total. The molecule has 2 rings (SSSR count). The minimum absolute atomic E-state index is 0.161. The van der Waals surface area contributed by atoms with Gasteiger partial charge < -0.3 is 14.8 Å². The van der Waals surface area contributed by atoms with Crippen molar-refractivity contribution in [3.05, 3.63) is 18.2 Å². The van der Waals surface area contributed by atoms with Crippen molar-refractivity contribution in [1.82, 2.24) is 0 Å². The van der Waals surface area contributed by atoms with Gasteiger partial charge in [-0.2, -0.15) is 8.78 Å². The number of rotatable bonds is 5. The smallest absolute Gasteiger partial charge is 0.387 e. The number of benzene rings is 1. The molecule has 1 unspecified atom stereocenters. The summed E-state index contributed by atoms with van der Waals surface area (Å²) in [6, 6.07) is 5.11. The predicted octanol–water partition coefficient (Wildman–Crippen LogP) is 4.68. The van der Waals surface area contributed by atoms with Crippen LogP contribution in [0.5, 0.6) is 11.5 Å². The van der Waals surface area contributed by atoms with Gasteiger partial charge in [0.05, 0.1) is 12.8 Å². The number of hydrogen-bond donors (Lipinski definition) is 1. The highest BCUT2D eigenvalue weighted by Crippen LogP contribution is 2.38. The number of methoxy groups -OCH3 is 1. The summed E-state index contributed by atoms with van der Waals surface area (Å²) in [7, 11) is 1.55. The van der Waals surface area contributed by atoms with Gasteiger partial charge >= 0.3 is 6.61 Å². The van der Waals surface area contributed by atoms with Crippen LogP contribution < -0.4 is 14.8 Å². The molecule has 0 radical (unpaired) electrons. The first kappa shape index (κ1) is 15.9. The molecule has 1 N–H and O–H groups in total. The molecular weight excluding hydrogens is 276 g/mol. The number of hydrogen-bond acceptors (Lipinski definition) is 3. The maximum Gasteiger partial charge on any atom is 0.387 e. The molecule has 1 saturated carbocycles. The van der Waals surface area contributed by atoms with Crippen molar-refractivity contribution in [2.75, 3.05) is 12.4 Å². The molecule has 0 heterocycles. The minimum Gasteiger partial charge on any atom is -0.497 e. The van der Waals surface area contributed by atoms with Gasteiger partial charge in [0.1, 0.15) is 11.5 Å². The number of halogens is 2. The number of ether oxygens (including phenoxy) is 2. The van der Waals surface area contributed by atoms with Crippen molar-refractivity contribution in [3.8, 4) is 11.5 Å². The van der Waals surface area contributed by atoms with Crippen LogP contribution in [0.2, 0.25) is 0 Å². The van der Waals surface area contributed by atoms with Crippen LogP contribution >= 0.6 is 0 Å². The lowest BCUT2D eigenvalue weighted by Crippen LogP contribution is -2.31. The van der Waals surface area contributed by atoms with E-state index in [0.717, 1.165) is 19.3 Å². The lowest BCUT2D eigenvalue weighted by Gasteiger charge is -2.36. The Kier molecular flexibility index (Phi) is 4.91. The molecule has 0 bridgehead atoms. The van der Waals surface area contributed by atoms with Crippen LogP contribution in [0.4, 0.5) is 14.5 Å². The Labute approximate surface area is 124 Å². The Bertz CT molecular complexity index is 477. The Morgan fingerprint density at radius 2 is 2.10 bits per heavy atom. The minimum atomic E-state index is -2.83. The lowest BCUT2D eigenvalue weighted by molar-refractivity contribution is -0.0494. The van der Waals surface area contributed by atoms with Crippen LogP contribution in [0.3, 0.4) is 0 Å². The van der Waals surface area contributed by atoms with Crippen molar-refractivity contribution >= 4 is 5.69 Å². The van der Waals surface area contributed by atoms with Crippen molar-refractivity contribution in [2.24, 2.45) is 5.41 Å². The third-order valence-corrected chi connectivity index (χ3v) is 3.97. The van der Waals surface area contributed by atoms with E-state index >= 15 is 0 Å². The molecule has 0 saturated heterocycles. The number of nitrogens with one attached hydrogen (secondary N) is 1. The molecule has 0 amide bonds. The second-order valence-electron chi connectivity index (χ2n) is 6.34. The standard InChI is InChI=1S/C16H23F2NO2/c1-16(2)8-4-5-11(10-16)19-13-9-12(20-3)6-7-14(13)21-15(17)18/h6-7,9,11,15,19H,4-5,8,10H2,1-3H3. The van der Waals surface area contributed by atoms with Crippen LogP contribution in [-0.4, -0.2) is 19.8 Å². The van der Waals surface area contributed by atoms with Crippen molar-refractivity contribution in [1.29, 1.82) is 0 Å². The topological polar surface area (TPSA) is 30.5 Å². The van der Waals surface area contributed by atoms with E-state index in [4.69, 9.17) is 4.74 Å². The molecule has 1 aliphatic rings. The van der Waals surface area contributed by atoms with Crippen LogP contribution in [0.15, 0.2) is 18.2 Å². The van der Waals surface area contributed by atoms with E-state index in [2.05, 4.69) is 23.9 Å². The summed E-state index contributed by atoms with van der Waals surface area (Å²) in [4.78, 5) is 0. The third kappa shape index (κ3) is 4.48. The fourth-order valence-electron chi connectivity index (χ4n) is 2.99. The molecule has 0 aromatic heterocycles. The SMILES string of the molecule is COc1ccc(OC(F)F)c(NC2CCCC(C)(C)C2)c1. The highest BCUT2D eigenvalue weighted by molar-refractivity contribution is 5.60. The Morgan fingerprint density at radius 3 is 2.71 bits per heavy atom. The molecule has 1 aliphatic carbocycles. The molecule has 0 aliphatic heterocycles. The van der Waals surface area contributed by atoms with Crippen molar-refractivity contribution < 1.29 is 18.3 Å². The van der Waals surface area contributed by atoms with Gasteiger partial charge in [-0.05, 0) is 36.8 Å². The van der Waals surface area contributed by atoms with E-state index in [1.165, 1.54) is 12.5 Å². The fraction of sp³-hybridized carbons (Fsp3) is 0.625. The zero-order valence-electron chi connectivity index (χ0n) is 12.8. The largest absolute Gasteiger partial charge is 0.497 e. The van der Waals surface area contributed by atoms with E-state index in [-0.39, 0.29) is 17.2 Å². The first-order chi connectivity index (χ1) is 9.89. The van der Waals surface area contributed by atoms with E-state index in [1.807, 2.05) is 0 Å². The lowest BCUT2D eigenvalue weighted by atomic mass is 9.75. The monoisotopic (exact) mass is 299 g/mol. The summed E-state index contributed by atoms with van der Waals surface area (Å²) >= 11 is 0. The first-order valence-corrected chi connectivity index (χ1v) is 7.29. The molecule has 1 aromatic rings. The average Bonchev–Trinajstić information content (AvgIpc) is 2.39. The third-order valence-electron chi connectivity index (χ3n) is 3.97. The average molecular weight is 299 g/mol. The Morgan fingerprint density at radius 1 is 1.33 bits per heavy atom. The Hall–Kier alpha value is -1.52. The van der Waals surface area contributed by atoms with Gasteiger partial charge in [0.15, 0.2) is 0 Å². The van der Waals surface area contributed by atoms with Crippen LogP contribution in [0.1, 0.15) is 39.5 Å². The summed E-state index contributed by atoms with van der Waals surface area (Å²) < 4.78 is 34.8. The van der Waals surface area contributed by atoms with Crippen molar-refractivity contribution in [3.63, 3.8) is 0 Å². The van der Waals surface area contributed by atoms with Gasteiger partial charge in [-0.3, -0.25) is 0 Å². The second-order valence-corrected chi connectivity index (χ2v) is 6.34. The zero-order valence-corrected chi connectivity index (χ0v) is 12.8. The molecule has 1 aromatic carbocycles. The molecule has 21 heavy (non-hydrogen) atoms. The van der Waals surface area contributed by atoms with E-state index < -0.39 is 6.61 Å². The highest BCUT2D eigenvalue weighted by atomic mass is 19.3. The molecule has 118 valence electrons. The van der Waals surface area contributed by atoms with E-state index in [9.17, 15) is 8.78 Å². The fourth-order valence-corrected chi connectivity index (χ4v) is 2.99. The second kappa shape index (κ2) is 6.50. The van der Waals surface area contributed by atoms with Crippen LogP contribution in [-0.2, 0) is 0 Å². The molecule has 1 fully saturated rings. The van der Waals surface area contributed by atoms with Crippen LogP contribution in [0, 0.1) is 5.41 Å². The Balaban J connectivity index is 2.16. The van der Waals surface area contributed by atoms with Gasteiger partial charge in [-0.1, -0.05) is 20.3 Å². The predicted molar refractivity (Wildman–Crippen MR) is 79.3 cm³/mol. The summed E-state index contributed by atoms with van der Waals surface area (Å²) in [5.41, 5.74) is 0.843. The maximum atomic E-state index is 12.5. The maximum absolute atomic E-state index is 12.5. The van der Waals surface area contributed by atoms with Crippen LogP contribution in [0.25, 0.3) is 0 Å². The van der Waals surface area contributed by atoms with Gasteiger partial charge in [-0.15, -0.1) is 0 Å². The van der Waals surface area contributed by atoms with Gasteiger partial charge in [0, 0.05) is 12.1 Å². The normalized spacial score (nSPS) is 21.1. The van der Waals surface area contributed by atoms with Crippen molar-refractivity contribution in [2.45, 2.75) is 52.2 Å². The number of anilines is 1. The van der Waals surface area contributed by atoms with E-state index in [1.54, 1.807) is 19.2 Å². The van der Waals surface area contributed by atoms with Gasteiger partial charge in [-0.25, -0.2) is 0 Å². The number of alkyl halides is 2. The zero-order chi connectivity index (χ0) is 15.5. The molecular formula is C16H23F2NO2. The van der Waals surface area contributed by atoms with Gasteiger partial charge in [0.25, 0.3) is 0 Å². The molecule has 5 heteroatoms. The summed E-state index contributed by atoms with van der Waals surface area (Å²) in [5.74, 6) is 0.781. The molecule has 0 spiro atoms. The summed E-state index contributed by atoms with van der Waals surface area (Å²) in [5, 5.41) is 3.35. The first-order valence-electron chi connectivity index (χ1n) is 7.29.